The molecule has 3 rings (SSSR count). The maximum Gasteiger partial charge on any atom is 0.297 e. The lowest BCUT2D eigenvalue weighted by atomic mass is 10.1. The molecule has 2 aliphatic rings. The van der Waals surface area contributed by atoms with Crippen LogP contribution in [0.5, 0.6) is 0 Å². The highest BCUT2D eigenvalue weighted by Crippen LogP contribution is 2.30. The highest BCUT2D eigenvalue weighted by Gasteiger charge is 2.37. The Labute approximate surface area is 188 Å². The van der Waals surface area contributed by atoms with Crippen LogP contribution in [0.3, 0.4) is 0 Å². The summed E-state index contributed by atoms with van der Waals surface area (Å²) in [6.45, 7) is 9.48. The predicted octanol–water partition coefficient (Wildman–Crippen LogP) is 3.32. The van der Waals surface area contributed by atoms with Gasteiger partial charge in [-0.15, -0.1) is 0 Å². The van der Waals surface area contributed by atoms with Crippen LogP contribution in [-0.2, 0) is 34.8 Å². The molecule has 1 fully saturated rings. The van der Waals surface area contributed by atoms with E-state index >= 15 is 0 Å². The maximum atomic E-state index is 13.1. The quantitative estimate of drug-likeness (QED) is 0.427. The Morgan fingerprint density at radius 2 is 1.77 bits per heavy atom. The fourth-order valence-electron chi connectivity index (χ4n) is 3.59. The largest absolute Gasteiger partial charge is 0.353 e. The molecule has 7 nitrogen and oxygen atoms in total. The van der Waals surface area contributed by atoms with Crippen molar-refractivity contribution in [2.24, 2.45) is 0 Å². The highest BCUT2D eigenvalue weighted by molar-refractivity contribution is 7.86. The summed E-state index contributed by atoms with van der Waals surface area (Å²) in [5.74, 6) is 0. The van der Waals surface area contributed by atoms with Gasteiger partial charge in [-0.3, -0.25) is 4.18 Å². The average Bonchev–Trinajstić information content (AvgIpc) is 3.13. The Kier molecular flexibility index (Phi) is 8.10. The van der Waals surface area contributed by atoms with Gasteiger partial charge in [0.15, 0.2) is 6.29 Å². The number of ether oxygens (including phenoxy) is 2. The van der Waals surface area contributed by atoms with Gasteiger partial charge in [-0.2, -0.15) is 8.42 Å². The summed E-state index contributed by atoms with van der Waals surface area (Å²) < 4.78 is 56.6. The van der Waals surface area contributed by atoms with Crippen LogP contribution in [-0.4, -0.2) is 60.4 Å². The van der Waals surface area contributed by atoms with E-state index in [4.69, 9.17) is 13.7 Å². The second-order valence-electron chi connectivity index (χ2n) is 8.89. The first-order valence-electron chi connectivity index (χ1n) is 10.6. The number of aryl methyl sites for hydroxylation is 1. The Balaban J connectivity index is 1.70. The summed E-state index contributed by atoms with van der Waals surface area (Å²) >= 11 is 0. The van der Waals surface area contributed by atoms with Gasteiger partial charge in [-0.25, -0.2) is 8.51 Å². The minimum atomic E-state index is -3.87. The van der Waals surface area contributed by atoms with Crippen molar-refractivity contribution in [3.8, 4) is 0 Å². The molecule has 0 spiro atoms. The second-order valence-corrected chi connectivity index (χ2v) is 12.7. The lowest BCUT2D eigenvalue weighted by Gasteiger charge is -2.32. The topological polar surface area (TPSA) is 82.1 Å². The van der Waals surface area contributed by atoms with Gasteiger partial charge < -0.3 is 9.47 Å². The van der Waals surface area contributed by atoms with E-state index in [0.717, 1.165) is 17.6 Å². The molecule has 174 valence electrons. The fraction of sp³-hybridized carbons (Fsp3) is 0.636. The van der Waals surface area contributed by atoms with E-state index in [-0.39, 0.29) is 23.8 Å². The van der Waals surface area contributed by atoms with Crippen LogP contribution in [0.25, 0.3) is 0 Å². The SMILES string of the molecule is Cc1ccc(S(=O)(=O)OCC2=CCN([S@@](=O)C(C)(C)C)[C@H]2CCC2OCCCO2)cc1. The highest BCUT2D eigenvalue weighted by atomic mass is 32.2. The molecule has 0 aliphatic carbocycles. The van der Waals surface area contributed by atoms with Crippen LogP contribution in [0.15, 0.2) is 40.8 Å². The van der Waals surface area contributed by atoms with Crippen molar-refractivity contribution in [1.82, 2.24) is 4.31 Å². The summed E-state index contributed by atoms with van der Waals surface area (Å²) in [5, 5.41) is 0. The first-order chi connectivity index (χ1) is 14.6. The monoisotopic (exact) mass is 471 g/mol. The van der Waals surface area contributed by atoms with E-state index in [2.05, 4.69) is 0 Å². The zero-order valence-corrected chi connectivity index (χ0v) is 20.3. The Morgan fingerprint density at radius 3 is 2.39 bits per heavy atom. The van der Waals surface area contributed by atoms with Crippen LogP contribution < -0.4 is 0 Å². The Bertz CT molecular complexity index is 899. The van der Waals surface area contributed by atoms with Gasteiger partial charge in [-0.05, 0) is 58.2 Å². The van der Waals surface area contributed by atoms with Crippen molar-refractivity contribution >= 4 is 21.1 Å². The van der Waals surface area contributed by atoms with Crippen molar-refractivity contribution in [2.75, 3.05) is 26.4 Å². The van der Waals surface area contributed by atoms with Crippen molar-refractivity contribution in [1.29, 1.82) is 0 Å². The van der Waals surface area contributed by atoms with E-state index in [1.165, 1.54) is 0 Å². The molecule has 9 heteroatoms. The van der Waals surface area contributed by atoms with Crippen LogP contribution in [0.2, 0.25) is 0 Å². The van der Waals surface area contributed by atoms with E-state index < -0.39 is 25.9 Å². The van der Waals surface area contributed by atoms with E-state index in [1.807, 2.05) is 38.1 Å². The maximum absolute atomic E-state index is 13.1. The summed E-state index contributed by atoms with van der Waals surface area (Å²) in [6.07, 6.45) is 3.83. The summed E-state index contributed by atoms with van der Waals surface area (Å²) in [5.41, 5.74) is 1.80. The molecule has 2 aliphatic heterocycles. The molecule has 2 atom stereocenters. The zero-order chi connectivity index (χ0) is 22.6. The Morgan fingerprint density at radius 1 is 1.13 bits per heavy atom. The summed E-state index contributed by atoms with van der Waals surface area (Å²) in [4.78, 5) is 0.132. The van der Waals surface area contributed by atoms with E-state index in [0.29, 0.717) is 32.6 Å². The molecule has 0 radical (unpaired) electrons. The lowest BCUT2D eigenvalue weighted by molar-refractivity contribution is -0.182. The Hall–Kier alpha value is -1.10. The average molecular weight is 472 g/mol. The third-order valence-corrected chi connectivity index (χ3v) is 8.46. The van der Waals surface area contributed by atoms with Crippen molar-refractivity contribution in [3.05, 3.63) is 41.5 Å². The van der Waals surface area contributed by atoms with Gasteiger partial charge in [0.2, 0.25) is 0 Å². The van der Waals surface area contributed by atoms with Gasteiger partial charge in [0.1, 0.15) is 11.0 Å². The second kappa shape index (κ2) is 10.2. The fourth-order valence-corrected chi connectivity index (χ4v) is 5.87. The minimum absolute atomic E-state index is 0.0644. The van der Waals surface area contributed by atoms with Gasteiger partial charge in [0.25, 0.3) is 10.1 Å². The zero-order valence-electron chi connectivity index (χ0n) is 18.7. The van der Waals surface area contributed by atoms with Crippen LogP contribution >= 0.6 is 0 Å². The van der Waals surface area contributed by atoms with Gasteiger partial charge >= 0.3 is 0 Å². The van der Waals surface area contributed by atoms with Crippen LogP contribution in [0.4, 0.5) is 0 Å². The molecular formula is C22H33NO6S2. The van der Waals surface area contributed by atoms with Crippen LogP contribution in [0.1, 0.15) is 45.6 Å². The number of benzene rings is 1. The predicted molar refractivity (Wildman–Crippen MR) is 120 cm³/mol. The first kappa shape index (κ1) is 24.5. The van der Waals surface area contributed by atoms with Crippen molar-refractivity contribution in [3.63, 3.8) is 0 Å². The van der Waals surface area contributed by atoms with Crippen molar-refractivity contribution < 1.29 is 26.3 Å². The molecule has 2 heterocycles. The minimum Gasteiger partial charge on any atom is -0.353 e. The standard InChI is InChI=1S/C22H33NO6S2/c1-17-6-8-19(9-7-17)31(25,26)29-16-18-12-13-23(30(24)22(2,3)4)20(18)10-11-21-27-14-5-15-28-21/h6-9,12,20-21H,5,10-11,13-16H2,1-4H3/t20-,30-/m0/s1. The van der Waals surface area contributed by atoms with E-state index in [9.17, 15) is 12.6 Å². The molecular weight excluding hydrogens is 438 g/mol. The first-order valence-corrected chi connectivity index (χ1v) is 13.2. The molecule has 0 unspecified atom stereocenters. The summed E-state index contributed by atoms with van der Waals surface area (Å²) in [6, 6.07) is 6.38. The van der Waals surface area contributed by atoms with E-state index in [1.54, 1.807) is 24.3 Å². The lowest BCUT2D eigenvalue weighted by Crippen LogP contribution is -2.42. The number of hydrogen-bond acceptors (Lipinski definition) is 6. The third kappa shape index (κ3) is 6.46. The van der Waals surface area contributed by atoms with Crippen molar-refractivity contribution in [2.45, 2.75) is 68.9 Å². The van der Waals surface area contributed by atoms with Gasteiger partial charge in [0.05, 0.1) is 29.5 Å². The molecule has 0 saturated carbocycles. The van der Waals surface area contributed by atoms with Gasteiger partial charge in [-0.1, -0.05) is 23.8 Å². The molecule has 1 aromatic carbocycles. The number of rotatable bonds is 8. The third-order valence-electron chi connectivity index (χ3n) is 5.31. The molecule has 1 aromatic rings. The molecule has 31 heavy (non-hydrogen) atoms. The molecule has 1 saturated heterocycles. The summed E-state index contributed by atoms with van der Waals surface area (Å²) in [7, 11) is -5.11. The van der Waals surface area contributed by atoms with Gasteiger partial charge in [0, 0.05) is 19.0 Å². The molecule has 0 N–H and O–H groups in total. The number of hydrogen-bond donors (Lipinski definition) is 0. The molecule has 0 amide bonds. The number of nitrogens with zero attached hydrogens (tertiary/aromatic N) is 1. The molecule has 0 aromatic heterocycles. The smallest absolute Gasteiger partial charge is 0.297 e. The van der Waals surface area contributed by atoms with Crippen LogP contribution in [0, 0.1) is 6.92 Å². The normalized spacial score (nSPS) is 22.5. The molecule has 0 bridgehead atoms.